The van der Waals surface area contributed by atoms with Crippen molar-refractivity contribution in [3.63, 3.8) is 0 Å². The average Bonchev–Trinajstić information content (AvgIpc) is 2.52. The number of esters is 1. The van der Waals surface area contributed by atoms with Crippen molar-refractivity contribution in [1.29, 1.82) is 0 Å². The Labute approximate surface area is 97.7 Å². The van der Waals surface area contributed by atoms with Crippen LogP contribution in [0.4, 0.5) is 0 Å². The Morgan fingerprint density at radius 1 is 1.38 bits per heavy atom. The fourth-order valence-electron chi connectivity index (χ4n) is 1.98. The van der Waals surface area contributed by atoms with Crippen molar-refractivity contribution in [1.82, 2.24) is 5.32 Å². The van der Waals surface area contributed by atoms with E-state index in [1.165, 1.54) is 7.11 Å². The number of hydrogen-bond donors (Lipinski definition) is 1. The van der Waals surface area contributed by atoms with Crippen molar-refractivity contribution in [2.45, 2.75) is 45.2 Å². The lowest BCUT2D eigenvalue weighted by atomic mass is 10.0. The smallest absolute Gasteiger partial charge is 0.323 e. The van der Waals surface area contributed by atoms with Gasteiger partial charge < -0.3 is 14.8 Å². The molecule has 0 aliphatic carbocycles. The maximum absolute atomic E-state index is 11.6. The predicted molar refractivity (Wildman–Crippen MR) is 62.2 cm³/mol. The predicted octanol–water partition coefficient (Wildman–Crippen LogP) is 1.34. The number of hydrogen-bond acceptors (Lipinski definition) is 4. The average molecular weight is 229 g/mol. The van der Waals surface area contributed by atoms with Gasteiger partial charge >= 0.3 is 5.97 Å². The van der Waals surface area contributed by atoms with Crippen LogP contribution >= 0.6 is 0 Å². The molecule has 0 saturated carbocycles. The molecular weight excluding hydrogens is 206 g/mol. The first-order chi connectivity index (χ1) is 7.65. The van der Waals surface area contributed by atoms with Crippen molar-refractivity contribution in [2.75, 3.05) is 20.3 Å². The monoisotopic (exact) mass is 229 g/mol. The number of rotatable bonds is 4. The molecule has 94 valence electrons. The van der Waals surface area contributed by atoms with Crippen molar-refractivity contribution in [3.8, 4) is 0 Å². The highest BCUT2D eigenvalue weighted by molar-refractivity contribution is 5.75. The largest absolute Gasteiger partial charge is 0.468 e. The Morgan fingerprint density at radius 2 is 2.12 bits per heavy atom. The van der Waals surface area contributed by atoms with Gasteiger partial charge in [-0.25, -0.2) is 0 Å². The van der Waals surface area contributed by atoms with Crippen LogP contribution in [0.15, 0.2) is 0 Å². The molecule has 0 aromatic carbocycles. The van der Waals surface area contributed by atoms with Gasteiger partial charge in [0.25, 0.3) is 0 Å². The first-order valence-corrected chi connectivity index (χ1v) is 6.06. The minimum atomic E-state index is -0.201. The quantitative estimate of drug-likeness (QED) is 0.739. The van der Waals surface area contributed by atoms with Crippen molar-refractivity contribution < 1.29 is 14.3 Å². The van der Waals surface area contributed by atoms with E-state index in [4.69, 9.17) is 9.47 Å². The topological polar surface area (TPSA) is 47.6 Å². The van der Waals surface area contributed by atoms with Crippen LogP contribution in [0.25, 0.3) is 0 Å². The molecule has 16 heavy (non-hydrogen) atoms. The molecule has 1 rings (SSSR count). The van der Waals surface area contributed by atoms with Crippen LogP contribution in [0.1, 0.15) is 33.1 Å². The molecule has 1 aliphatic rings. The van der Waals surface area contributed by atoms with Gasteiger partial charge in [0.05, 0.1) is 7.11 Å². The molecule has 4 nitrogen and oxygen atoms in total. The fourth-order valence-corrected chi connectivity index (χ4v) is 1.98. The Morgan fingerprint density at radius 3 is 2.75 bits per heavy atom. The zero-order valence-corrected chi connectivity index (χ0v) is 10.5. The summed E-state index contributed by atoms with van der Waals surface area (Å²) in [5.41, 5.74) is 0. The summed E-state index contributed by atoms with van der Waals surface area (Å²) in [5.74, 6) is 0.0804. The van der Waals surface area contributed by atoms with Crippen molar-refractivity contribution in [3.05, 3.63) is 0 Å². The van der Waals surface area contributed by atoms with E-state index in [1.54, 1.807) is 0 Å². The highest BCUT2D eigenvalue weighted by Gasteiger charge is 2.26. The summed E-state index contributed by atoms with van der Waals surface area (Å²) < 4.78 is 10.2. The second-order valence-electron chi connectivity index (χ2n) is 4.65. The third-order valence-electron chi connectivity index (χ3n) is 2.99. The first-order valence-electron chi connectivity index (χ1n) is 6.06. The van der Waals surface area contributed by atoms with E-state index in [0.717, 1.165) is 32.5 Å². The third-order valence-corrected chi connectivity index (χ3v) is 2.99. The van der Waals surface area contributed by atoms with E-state index in [-0.39, 0.29) is 17.9 Å². The number of carbonyl (C=O) groups excluding carboxylic acids is 1. The third kappa shape index (κ3) is 4.10. The summed E-state index contributed by atoms with van der Waals surface area (Å²) in [4.78, 5) is 11.6. The molecule has 1 aliphatic heterocycles. The van der Waals surface area contributed by atoms with Crippen LogP contribution in [0.3, 0.4) is 0 Å². The Kier molecular flexibility index (Phi) is 5.77. The van der Waals surface area contributed by atoms with Crippen LogP contribution < -0.4 is 5.32 Å². The van der Waals surface area contributed by atoms with Gasteiger partial charge in [0, 0.05) is 19.3 Å². The molecule has 1 heterocycles. The molecule has 0 bridgehead atoms. The summed E-state index contributed by atoms with van der Waals surface area (Å²) in [5, 5.41) is 3.39. The van der Waals surface area contributed by atoms with Gasteiger partial charge in [-0.3, -0.25) is 4.79 Å². The zero-order valence-electron chi connectivity index (χ0n) is 10.5. The summed E-state index contributed by atoms with van der Waals surface area (Å²) in [6.45, 7) is 5.68. The molecule has 0 spiro atoms. The molecule has 0 aromatic heterocycles. The molecule has 0 radical (unpaired) electrons. The summed E-state index contributed by atoms with van der Waals surface area (Å²) >= 11 is 0. The van der Waals surface area contributed by atoms with E-state index < -0.39 is 0 Å². The molecule has 1 saturated heterocycles. The van der Waals surface area contributed by atoms with Gasteiger partial charge in [0.1, 0.15) is 6.04 Å². The lowest BCUT2D eigenvalue weighted by Crippen LogP contribution is -2.47. The Balaban J connectivity index is 2.49. The molecule has 0 aromatic rings. The van der Waals surface area contributed by atoms with Crippen LogP contribution in [-0.2, 0) is 14.3 Å². The maximum Gasteiger partial charge on any atom is 0.323 e. The van der Waals surface area contributed by atoms with E-state index in [1.807, 2.05) is 13.8 Å². The lowest BCUT2D eigenvalue weighted by molar-refractivity contribution is -0.144. The standard InChI is InChI=1S/C12H23NO3/c1-9(2)11(12(14)15-3)13-10-5-4-7-16-8-6-10/h9-11,13H,4-8H2,1-3H3/t10?,11-/m0/s1. The zero-order chi connectivity index (χ0) is 12.0. The summed E-state index contributed by atoms with van der Waals surface area (Å²) in [6.07, 6.45) is 3.10. The van der Waals surface area contributed by atoms with Gasteiger partial charge in [-0.15, -0.1) is 0 Å². The maximum atomic E-state index is 11.6. The first kappa shape index (κ1) is 13.5. The Hall–Kier alpha value is -0.610. The number of ether oxygens (including phenoxy) is 2. The second-order valence-corrected chi connectivity index (χ2v) is 4.65. The normalized spacial score (nSPS) is 23.9. The molecule has 0 amide bonds. The van der Waals surface area contributed by atoms with Crippen molar-refractivity contribution in [2.24, 2.45) is 5.92 Å². The molecule has 1 N–H and O–H groups in total. The number of methoxy groups -OCH3 is 1. The second kappa shape index (κ2) is 6.86. The summed E-state index contributed by atoms with van der Waals surface area (Å²) in [6, 6.07) is 0.169. The fraction of sp³-hybridized carbons (Fsp3) is 0.917. The van der Waals surface area contributed by atoms with E-state index in [0.29, 0.717) is 6.04 Å². The van der Waals surface area contributed by atoms with Crippen molar-refractivity contribution >= 4 is 5.97 Å². The lowest BCUT2D eigenvalue weighted by Gasteiger charge is -2.25. The molecule has 2 atom stereocenters. The molecular formula is C12H23NO3. The van der Waals surface area contributed by atoms with E-state index >= 15 is 0 Å². The highest BCUT2D eigenvalue weighted by Crippen LogP contribution is 2.12. The van der Waals surface area contributed by atoms with E-state index in [2.05, 4.69) is 5.32 Å². The molecule has 1 fully saturated rings. The van der Waals surface area contributed by atoms with Crippen LogP contribution in [0, 0.1) is 5.92 Å². The van der Waals surface area contributed by atoms with Crippen LogP contribution in [0.2, 0.25) is 0 Å². The molecule has 1 unspecified atom stereocenters. The Bertz CT molecular complexity index is 210. The summed E-state index contributed by atoms with van der Waals surface area (Å²) in [7, 11) is 1.44. The number of nitrogens with one attached hydrogen (secondary N) is 1. The van der Waals surface area contributed by atoms with Gasteiger partial charge in [-0.05, 0) is 25.2 Å². The van der Waals surface area contributed by atoms with Gasteiger partial charge in [-0.1, -0.05) is 13.8 Å². The van der Waals surface area contributed by atoms with Crippen LogP contribution in [0.5, 0.6) is 0 Å². The van der Waals surface area contributed by atoms with Gasteiger partial charge in [0.2, 0.25) is 0 Å². The van der Waals surface area contributed by atoms with Gasteiger partial charge in [0.15, 0.2) is 0 Å². The molecule has 4 heteroatoms. The minimum Gasteiger partial charge on any atom is -0.468 e. The van der Waals surface area contributed by atoms with E-state index in [9.17, 15) is 4.79 Å². The highest BCUT2D eigenvalue weighted by atomic mass is 16.5. The number of carbonyl (C=O) groups is 1. The minimum absolute atomic E-state index is 0.167. The van der Waals surface area contributed by atoms with Crippen LogP contribution in [-0.4, -0.2) is 38.4 Å². The van der Waals surface area contributed by atoms with Gasteiger partial charge in [-0.2, -0.15) is 0 Å². The SMILES string of the molecule is COC(=O)[C@@H](NC1CCCOCC1)C(C)C.